The first kappa shape index (κ1) is 10.7. The molecule has 0 amide bonds. The number of furan rings is 1. The number of aromatic nitrogens is 2. The lowest BCUT2D eigenvalue weighted by atomic mass is 10.2. The van der Waals surface area contributed by atoms with Gasteiger partial charge in [-0.1, -0.05) is 0 Å². The predicted octanol–water partition coefficient (Wildman–Crippen LogP) is 2.02. The van der Waals surface area contributed by atoms with E-state index < -0.39 is 0 Å². The quantitative estimate of drug-likeness (QED) is 0.817. The van der Waals surface area contributed by atoms with Crippen molar-refractivity contribution in [1.29, 1.82) is 0 Å². The van der Waals surface area contributed by atoms with Crippen molar-refractivity contribution in [3.63, 3.8) is 0 Å². The average molecular weight is 251 g/mol. The van der Waals surface area contributed by atoms with Crippen LogP contribution in [0.2, 0.25) is 0 Å². The van der Waals surface area contributed by atoms with E-state index in [0.717, 1.165) is 29.8 Å². The van der Waals surface area contributed by atoms with Crippen molar-refractivity contribution in [3.05, 3.63) is 30.0 Å². The number of rotatable bonds is 2. The number of hydrogen-bond donors (Lipinski definition) is 0. The summed E-state index contributed by atoms with van der Waals surface area (Å²) < 4.78 is 15.3. The van der Waals surface area contributed by atoms with Crippen molar-refractivity contribution in [2.75, 3.05) is 24.6 Å². The van der Waals surface area contributed by atoms with E-state index in [2.05, 4.69) is 14.3 Å². The summed E-state index contributed by atoms with van der Waals surface area (Å²) in [5.41, 5.74) is 0. The summed E-state index contributed by atoms with van der Waals surface area (Å²) in [5.74, 6) is 1.70. The van der Waals surface area contributed by atoms with Gasteiger partial charge in [-0.2, -0.15) is 4.37 Å². The fraction of sp³-hybridized carbons (Fsp3) is 0.455. The Labute approximate surface area is 103 Å². The lowest BCUT2D eigenvalue weighted by molar-refractivity contribution is 0.0257. The number of nitrogens with zero attached hydrogens (tertiary/aromatic N) is 3. The van der Waals surface area contributed by atoms with Gasteiger partial charge in [0.2, 0.25) is 5.13 Å². The summed E-state index contributed by atoms with van der Waals surface area (Å²) in [6.07, 6.45) is 1.66. The first-order chi connectivity index (χ1) is 8.33. The zero-order chi connectivity index (χ0) is 11.7. The van der Waals surface area contributed by atoms with Crippen LogP contribution in [0.4, 0.5) is 5.13 Å². The molecule has 3 heterocycles. The minimum absolute atomic E-state index is 0.0112. The lowest BCUT2D eigenvalue weighted by Crippen LogP contribution is -2.38. The van der Waals surface area contributed by atoms with Gasteiger partial charge in [0, 0.05) is 18.1 Å². The minimum atomic E-state index is -0.0112. The molecule has 2 aromatic heterocycles. The topological polar surface area (TPSA) is 51.4 Å². The number of aryl methyl sites for hydroxylation is 1. The number of hydrogen-bond acceptors (Lipinski definition) is 6. The zero-order valence-corrected chi connectivity index (χ0v) is 10.3. The smallest absolute Gasteiger partial charge is 0.205 e. The Kier molecular flexibility index (Phi) is 2.82. The molecule has 6 heteroatoms. The van der Waals surface area contributed by atoms with Crippen molar-refractivity contribution in [1.82, 2.24) is 9.36 Å². The Morgan fingerprint density at radius 3 is 3.18 bits per heavy atom. The molecule has 90 valence electrons. The van der Waals surface area contributed by atoms with Gasteiger partial charge in [-0.25, -0.2) is 4.98 Å². The van der Waals surface area contributed by atoms with Crippen LogP contribution < -0.4 is 4.90 Å². The second-order valence-corrected chi connectivity index (χ2v) is 4.68. The van der Waals surface area contributed by atoms with E-state index >= 15 is 0 Å². The molecule has 0 saturated carbocycles. The monoisotopic (exact) mass is 251 g/mol. The molecule has 1 aliphatic heterocycles. The summed E-state index contributed by atoms with van der Waals surface area (Å²) in [5, 5.41) is 0.961. The number of morpholine rings is 1. The predicted molar refractivity (Wildman–Crippen MR) is 64.3 cm³/mol. The molecule has 1 atom stereocenters. The summed E-state index contributed by atoms with van der Waals surface area (Å²) >= 11 is 1.43. The van der Waals surface area contributed by atoms with Crippen LogP contribution >= 0.6 is 11.5 Å². The molecular formula is C11H13N3O2S. The van der Waals surface area contributed by atoms with Crippen molar-refractivity contribution >= 4 is 16.7 Å². The second-order valence-electron chi connectivity index (χ2n) is 3.95. The maximum Gasteiger partial charge on any atom is 0.205 e. The summed E-state index contributed by atoms with van der Waals surface area (Å²) in [6, 6.07) is 3.83. The minimum Gasteiger partial charge on any atom is -0.467 e. The highest BCUT2D eigenvalue weighted by atomic mass is 32.1. The van der Waals surface area contributed by atoms with E-state index in [1.54, 1.807) is 6.26 Å². The third-order valence-electron chi connectivity index (χ3n) is 2.71. The fourth-order valence-corrected chi connectivity index (χ4v) is 2.59. The van der Waals surface area contributed by atoms with Crippen LogP contribution in [0.25, 0.3) is 0 Å². The van der Waals surface area contributed by atoms with Crippen LogP contribution in [-0.2, 0) is 4.74 Å². The van der Waals surface area contributed by atoms with Crippen LogP contribution in [0.1, 0.15) is 17.7 Å². The van der Waals surface area contributed by atoms with Crippen LogP contribution in [0.5, 0.6) is 0 Å². The highest BCUT2D eigenvalue weighted by Gasteiger charge is 2.25. The normalized spacial score (nSPS) is 20.8. The van der Waals surface area contributed by atoms with E-state index in [4.69, 9.17) is 9.15 Å². The van der Waals surface area contributed by atoms with Gasteiger partial charge in [0.05, 0.1) is 19.4 Å². The average Bonchev–Trinajstić information content (AvgIpc) is 3.00. The van der Waals surface area contributed by atoms with Gasteiger partial charge in [0.25, 0.3) is 0 Å². The van der Waals surface area contributed by atoms with Gasteiger partial charge in [0.15, 0.2) is 0 Å². The summed E-state index contributed by atoms with van der Waals surface area (Å²) in [6.45, 7) is 4.21. The SMILES string of the molecule is Cc1nsc(N2CCOC(c3ccco3)C2)n1. The molecule has 0 N–H and O–H groups in total. The van der Waals surface area contributed by atoms with Gasteiger partial charge in [0.1, 0.15) is 17.7 Å². The van der Waals surface area contributed by atoms with Gasteiger partial charge >= 0.3 is 0 Å². The molecule has 1 fully saturated rings. The molecule has 17 heavy (non-hydrogen) atoms. The molecule has 0 aliphatic carbocycles. The van der Waals surface area contributed by atoms with Gasteiger partial charge < -0.3 is 14.1 Å². The Balaban J connectivity index is 1.76. The first-order valence-electron chi connectivity index (χ1n) is 5.53. The first-order valence-corrected chi connectivity index (χ1v) is 6.30. The molecule has 1 unspecified atom stereocenters. The molecule has 0 radical (unpaired) electrons. The fourth-order valence-electron chi connectivity index (χ4n) is 1.88. The molecule has 0 spiro atoms. The van der Waals surface area contributed by atoms with Crippen LogP contribution in [0.3, 0.4) is 0 Å². The van der Waals surface area contributed by atoms with E-state index in [-0.39, 0.29) is 6.10 Å². The maximum absolute atomic E-state index is 5.70. The lowest BCUT2D eigenvalue weighted by Gasteiger charge is -2.31. The Morgan fingerprint density at radius 2 is 2.47 bits per heavy atom. The molecule has 1 saturated heterocycles. The van der Waals surface area contributed by atoms with Gasteiger partial charge in [-0.3, -0.25) is 0 Å². The third kappa shape index (κ3) is 2.18. The standard InChI is InChI=1S/C11H13N3O2S/c1-8-12-11(17-13-8)14-4-6-16-10(7-14)9-3-2-5-15-9/h2-3,5,10H,4,6-7H2,1H3. The van der Waals surface area contributed by atoms with Crippen molar-refractivity contribution in [3.8, 4) is 0 Å². The molecule has 2 aromatic rings. The van der Waals surface area contributed by atoms with E-state index in [0.29, 0.717) is 6.61 Å². The molecule has 5 nitrogen and oxygen atoms in total. The summed E-state index contributed by atoms with van der Waals surface area (Å²) in [7, 11) is 0. The molecule has 1 aliphatic rings. The van der Waals surface area contributed by atoms with Crippen LogP contribution in [0.15, 0.2) is 22.8 Å². The number of ether oxygens (including phenoxy) is 1. The molecule has 3 rings (SSSR count). The maximum atomic E-state index is 5.70. The van der Waals surface area contributed by atoms with Crippen LogP contribution in [0, 0.1) is 6.92 Å². The van der Waals surface area contributed by atoms with Crippen molar-refractivity contribution in [2.45, 2.75) is 13.0 Å². The summed E-state index contributed by atoms with van der Waals surface area (Å²) in [4.78, 5) is 6.59. The van der Waals surface area contributed by atoms with Gasteiger partial charge in [-0.05, 0) is 19.1 Å². The highest BCUT2D eigenvalue weighted by molar-refractivity contribution is 7.09. The molecular weight excluding hydrogens is 238 g/mol. The second kappa shape index (κ2) is 4.46. The third-order valence-corrected chi connectivity index (χ3v) is 3.58. The number of anilines is 1. The molecule has 0 bridgehead atoms. The Hall–Kier alpha value is -1.40. The zero-order valence-electron chi connectivity index (χ0n) is 9.50. The Bertz CT molecular complexity index is 483. The van der Waals surface area contributed by atoms with Gasteiger partial charge in [-0.15, -0.1) is 0 Å². The molecule has 0 aromatic carbocycles. The van der Waals surface area contributed by atoms with E-state index in [9.17, 15) is 0 Å². The van der Waals surface area contributed by atoms with Crippen LogP contribution in [-0.4, -0.2) is 29.1 Å². The van der Waals surface area contributed by atoms with E-state index in [1.807, 2.05) is 19.1 Å². The van der Waals surface area contributed by atoms with Crippen molar-refractivity contribution < 1.29 is 9.15 Å². The Morgan fingerprint density at radius 1 is 1.53 bits per heavy atom. The largest absolute Gasteiger partial charge is 0.467 e. The highest BCUT2D eigenvalue weighted by Crippen LogP contribution is 2.27. The van der Waals surface area contributed by atoms with E-state index in [1.165, 1.54) is 11.5 Å². The van der Waals surface area contributed by atoms with Crippen molar-refractivity contribution in [2.24, 2.45) is 0 Å².